The minimum Gasteiger partial charge on any atom is -0.382 e. The van der Waals surface area contributed by atoms with Gasteiger partial charge in [-0.2, -0.15) is 0 Å². The summed E-state index contributed by atoms with van der Waals surface area (Å²) in [6.45, 7) is 4.14. The van der Waals surface area contributed by atoms with E-state index >= 15 is 0 Å². The summed E-state index contributed by atoms with van der Waals surface area (Å²) < 4.78 is 0. The van der Waals surface area contributed by atoms with Gasteiger partial charge in [-0.1, -0.05) is 6.07 Å². The van der Waals surface area contributed by atoms with E-state index in [2.05, 4.69) is 37.0 Å². The minimum atomic E-state index is -0.0215. The lowest BCUT2D eigenvalue weighted by Crippen LogP contribution is -2.20. The highest BCUT2D eigenvalue weighted by atomic mass is 15.1. The molecule has 0 bridgehead atoms. The standard InChI is InChI=1S/C15H18N4/c1-10-7-11(2)9-12(8-10)19(3)13-5-4-6-18-14(13)15(16)17/h4-9H,1-3H3,(H3,16,17). The molecule has 0 atom stereocenters. The van der Waals surface area contributed by atoms with E-state index in [0.717, 1.165) is 11.4 Å². The van der Waals surface area contributed by atoms with Gasteiger partial charge < -0.3 is 10.6 Å². The summed E-state index contributed by atoms with van der Waals surface area (Å²) in [5, 5.41) is 7.61. The van der Waals surface area contributed by atoms with Crippen molar-refractivity contribution in [1.82, 2.24) is 4.98 Å². The Morgan fingerprint density at radius 2 is 1.84 bits per heavy atom. The van der Waals surface area contributed by atoms with Gasteiger partial charge in [-0.3, -0.25) is 10.4 Å². The van der Waals surface area contributed by atoms with Gasteiger partial charge >= 0.3 is 0 Å². The van der Waals surface area contributed by atoms with E-state index in [9.17, 15) is 0 Å². The lowest BCUT2D eigenvalue weighted by Gasteiger charge is -2.22. The maximum atomic E-state index is 7.61. The largest absolute Gasteiger partial charge is 0.382 e. The Morgan fingerprint density at radius 3 is 2.42 bits per heavy atom. The van der Waals surface area contributed by atoms with Crippen molar-refractivity contribution in [3.8, 4) is 0 Å². The summed E-state index contributed by atoms with van der Waals surface area (Å²) in [7, 11) is 1.96. The van der Waals surface area contributed by atoms with Gasteiger partial charge in [0, 0.05) is 18.9 Å². The molecule has 0 aliphatic rings. The molecule has 1 aromatic heterocycles. The average Bonchev–Trinajstić information content (AvgIpc) is 2.36. The number of nitrogens with zero attached hydrogens (tertiary/aromatic N) is 2. The van der Waals surface area contributed by atoms with Gasteiger partial charge in [-0.15, -0.1) is 0 Å². The smallest absolute Gasteiger partial charge is 0.143 e. The molecule has 0 saturated carbocycles. The molecule has 4 nitrogen and oxygen atoms in total. The van der Waals surface area contributed by atoms with Crippen LogP contribution in [0.4, 0.5) is 11.4 Å². The van der Waals surface area contributed by atoms with Crippen molar-refractivity contribution < 1.29 is 0 Å². The summed E-state index contributed by atoms with van der Waals surface area (Å²) in [5.41, 5.74) is 10.4. The topological polar surface area (TPSA) is 66.0 Å². The third-order valence-electron chi connectivity index (χ3n) is 3.00. The quantitative estimate of drug-likeness (QED) is 0.654. The highest BCUT2D eigenvalue weighted by molar-refractivity contribution is 5.99. The lowest BCUT2D eigenvalue weighted by atomic mass is 10.1. The Labute approximate surface area is 113 Å². The van der Waals surface area contributed by atoms with Crippen molar-refractivity contribution in [1.29, 1.82) is 5.41 Å². The number of nitrogens with two attached hydrogens (primary N) is 1. The van der Waals surface area contributed by atoms with Crippen molar-refractivity contribution in [2.45, 2.75) is 13.8 Å². The number of anilines is 2. The number of aromatic nitrogens is 1. The number of amidine groups is 1. The van der Waals surface area contributed by atoms with Gasteiger partial charge in [0.2, 0.25) is 0 Å². The van der Waals surface area contributed by atoms with Crippen molar-refractivity contribution in [2.75, 3.05) is 11.9 Å². The highest BCUT2D eigenvalue weighted by Crippen LogP contribution is 2.27. The Morgan fingerprint density at radius 1 is 1.21 bits per heavy atom. The first-order valence-corrected chi connectivity index (χ1v) is 6.10. The van der Waals surface area contributed by atoms with Crippen LogP contribution in [-0.4, -0.2) is 17.9 Å². The molecule has 0 radical (unpaired) electrons. The first-order valence-electron chi connectivity index (χ1n) is 6.10. The summed E-state index contributed by atoms with van der Waals surface area (Å²) in [4.78, 5) is 6.18. The molecule has 0 fully saturated rings. The number of nitrogen functional groups attached to an aromatic ring is 1. The lowest BCUT2D eigenvalue weighted by molar-refractivity contribution is 1.14. The number of rotatable bonds is 3. The molecule has 98 valence electrons. The van der Waals surface area contributed by atoms with E-state index in [0.29, 0.717) is 5.69 Å². The number of aryl methyl sites for hydroxylation is 2. The Hall–Kier alpha value is -2.36. The van der Waals surface area contributed by atoms with Crippen LogP contribution in [0.5, 0.6) is 0 Å². The fourth-order valence-electron chi connectivity index (χ4n) is 2.16. The van der Waals surface area contributed by atoms with Crippen molar-refractivity contribution in [3.63, 3.8) is 0 Å². The Balaban J connectivity index is 2.49. The molecule has 19 heavy (non-hydrogen) atoms. The maximum absolute atomic E-state index is 7.61. The molecule has 2 rings (SSSR count). The first kappa shape index (κ1) is 13.1. The Kier molecular flexibility index (Phi) is 3.51. The third-order valence-corrected chi connectivity index (χ3v) is 3.00. The van der Waals surface area contributed by atoms with Crippen LogP contribution in [-0.2, 0) is 0 Å². The molecule has 0 spiro atoms. The zero-order valence-electron chi connectivity index (χ0n) is 11.4. The monoisotopic (exact) mass is 254 g/mol. The molecule has 0 aliphatic heterocycles. The van der Waals surface area contributed by atoms with E-state index in [4.69, 9.17) is 11.1 Å². The fraction of sp³-hybridized carbons (Fsp3) is 0.200. The molecule has 2 aromatic rings. The first-order chi connectivity index (χ1) is 8.99. The fourth-order valence-corrected chi connectivity index (χ4v) is 2.16. The maximum Gasteiger partial charge on any atom is 0.143 e. The number of benzene rings is 1. The average molecular weight is 254 g/mol. The number of hydrogen-bond acceptors (Lipinski definition) is 3. The molecular formula is C15H18N4. The van der Waals surface area contributed by atoms with Crippen LogP contribution in [0, 0.1) is 19.3 Å². The normalized spacial score (nSPS) is 10.3. The zero-order valence-corrected chi connectivity index (χ0v) is 11.4. The van der Waals surface area contributed by atoms with Gasteiger partial charge in [0.1, 0.15) is 11.5 Å². The highest BCUT2D eigenvalue weighted by Gasteiger charge is 2.12. The Bertz CT molecular complexity index is 599. The van der Waals surface area contributed by atoms with E-state index < -0.39 is 0 Å². The van der Waals surface area contributed by atoms with Crippen LogP contribution in [0.15, 0.2) is 36.5 Å². The van der Waals surface area contributed by atoms with E-state index in [1.54, 1.807) is 6.20 Å². The molecule has 3 N–H and O–H groups in total. The van der Waals surface area contributed by atoms with E-state index in [-0.39, 0.29) is 5.84 Å². The predicted octanol–water partition coefficient (Wildman–Crippen LogP) is 2.75. The summed E-state index contributed by atoms with van der Waals surface area (Å²) in [6.07, 6.45) is 1.65. The van der Waals surface area contributed by atoms with Crippen LogP contribution in [0.3, 0.4) is 0 Å². The van der Waals surface area contributed by atoms with Gasteiger partial charge in [0.15, 0.2) is 0 Å². The van der Waals surface area contributed by atoms with Crippen LogP contribution in [0.1, 0.15) is 16.8 Å². The van der Waals surface area contributed by atoms with Gasteiger partial charge in [-0.25, -0.2) is 0 Å². The second-order valence-corrected chi connectivity index (χ2v) is 4.69. The SMILES string of the molecule is Cc1cc(C)cc(N(C)c2cccnc2C(=N)N)c1. The zero-order chi connectivity index (χ0) is 14.0. The number of pyridine rings is 1. The van der Waals surface area contributed by atoms with Gasteiger partial charge in [-0.05, 0) is 49.2 Å². The van der Waals surface area contributed by atoms with Crippen LogP contribution in [0.25, 0.3) is 0 Å². The van der Waals surface area contributed by atoms with E-state index in [1.165, 1.54) is 11.1 Å². The van der Waals surface area contributed by atoms with E-state index in [1.807, 2.05) is 24.1 Å². The van der Waals surface area contributed by atoms with Crippen LogP contribution >= 0.6 is 0 Å². The second kappa shape index (κ2) is 5.10. The molecule has 0 amide bonds. The molecule has 0 unspecified atom stereocenters. The van der Waals surface area contributed by atoms with Crippen molar-refractivity contribution in [2.24, 2.45) is 5.73 Å². The summed E-state index contributed by atoms with van der Waals surface area (Å²) in [6, 6.07) is 10.1. The number of hydrogen-bond donors (Lipinski definition) is 2. The van der Waals surface area contributed by atoms with Gasteiger partial charge in [0.05, 0.1) is 5.69 Å². The minimum absolute atomic E-state index is 0.0215. The van der Waals surface area contributed by atoms with Gasteiger partial charge in [0.25, 0.3) is 0 Å². The molecular weight excluding hydrogens is 236 g/mol. The van der Waals surface area contributed by atoms with Crippen molar-refractivity contribution in [3.05, 3.63) is 53.3 Å². The predicted molar refractivity (Wildman–Crippen MR) is 79.2 cm³/mol. The molecule has 1 aromatic carbocycles. The van der Waals surface area contributed by atoms with Crippen LogP contribution in [0.2, 0.25) is 0 Å². The molecule has 4 heteroatoms. The van der Waals surface area contributed by atoms with Crippen molar-refractivity contribution >= 4 is 17.2 Å². The second-order valence-electron chi connectivity index (χ2n) is 4.69. The molecule has 1 heterocycles. The molecule has 0 aliphatic carbocycles. The third kappa shape index (κ3) is 2.73. The summed E-state index contributed by atoms with van der Waals surface area (Å²) >= 11 is 0. The summed E-state index contributed by atoms with van der Waals surface area (Å²) in [5.74, 6) is -0.0215. The number of nitrogens with one attached hydrogen (secondary N) is 1. The van der Waals surface area contributed by atoms with Crippen LogP contribution < -0.4 is 10.6 Å². The molecule has 0 saturated heterocycles.